The highest BCUT2D eigenvalue weighted by atomic mass is 16.5. The highest BCUT2D eigenvalue weighted by Crippen LogP contribution is 2.30. The lowest BCUT2D eigenvalue weighted by atomic mass is 9.95. The number of rotatable bonds is 4. The molecule has 1 unspecified atom stereocenters. The summed E-state index contributed by atoms with van der Waals surface area (Å²) in [6.45, 7) is 0.615. The third-order valence-corrected chi connectivity index (χ3v) is 4.32. The van der Waals surface area contributed by atoms with Crippen LogP contribution >= 0.6 is 0 Å². The predicted octanol–water partition coefficient (Wildman–Crippen LogP) is 2.67. The highest BCUT2D eigenvalue weighted by Gasteiger charge is 2.23. The Bertz CT molecular complexity index is 992. The number of benzene rings is 2. The number of fused-ring (bicyclic) bond motifs is 1. The standard InChI is InChI=1S/C19H17N3O4/c23-17(11-16-15-7-2-1-4-12(15)8-9-25-16)20-14-6-3-5-13(10-14)18-21-19(24)26-22-18/h1-7,10,16H,8-9,11H2,(H,20,23)(H,21,22,24). The number of carbonyl (C=O) groups excluding carboxylic acids is 1. The SMILES string of the molecule is O=C(CC1OCCc2ccccc21)Nc1cccc(-c2noc(=O)[nH]2)c1. The monoisotopic (exact) mass is 351 g/mol. The number of carbonyl (C=O) groups is 1. The molecular weight excluding hydrogens is 334 g/mol. The fourth-order valence-corrected chi connectivity index (χ4v) is 3.12. The molecule has 1 amide bonds. The molecule has 2 heterocycles. The Morgan fingerprint density at radius 1 is 1.23 bits per heavy atom. The van der Waals surface area contributed by atoms with Crippen molar-refractivity contribution in [3.05, 3.63) is 70.2 Å². The maximum absolute atomic E-state index is 12.5. The van der Waals surface area contributed by atoms with Crippen LogP contribution in [-0.2, 0) is 16.0 Å². The largest absolute Gasteiger partial charge is 0.439 e. The smallest absolute Gasteiger partial charge is 0.373 e. The number of H-pyrrole nitrogens is 1. The van der Waals surface area contributed by atoms with E-state index < -0.39 is 5.76 Å². The Hall–Kier alpha value is -3.19. The molecule has 2 aromatic carbocycles. The fraction of sp³-hybridized carbons (Fsp3) is 0.211. The van der Waals surface area contributed by atoms with Crippen molar-refractivity contribution >= 4 is 11.6 Å². The molecule has 7 heteroatoms. The van der Waals surface area contributed by atoms with Crippen molar-refractivity contribution in [1.29, 1.82) is 0 Å². The minimum absolute atomic E-state index is 0.141. The van der Waals surface area contributed by atoms with E-state index in [0.29, 0.717) is 23.7 Å². The number of amides is 1. The highest BCUT2D eigenvalue weighted by molar-refractivity contribution is 5.91. The second-order valence-electron chi connectivity index (χ2n) is 6.08. The van der Waals surface area contributed by atoms with E-state index >= 15 is 0 Å². The lowest BCUT2D eigenvalue weighted by Gasteiger charge is -2.25. The Labute approximate surface area is 149 Å². The fourth-order valence-electron chi connectivity index (χ4n) is 3.12. The van der Waals surface area contributed by atoms with Gasteiger partial charge in [-0.25, -0.2) is 4.79 Å². The lowest BCUT2D eigenvalue weighted by Crippen LogP contribution is -2.22. The van der Waals surface area contributed by atoms with Gasteiger partial charge in [-0.3, -0.25) is 14.3 Å². The molecule has 0 bridgehead atoms. The molecule has 7 nitrogen and oxygen atoms in total. The van der Waals surface area contributed by atoms with Gasteiger partial charge in [0.1, 0.15) is 0 Å². The summed E-state index contributed by atoms with van der Waals surface area (Å²) < 4.78 is 10.3. The van der Waals surface area contributed by atoms with E-state index in [4.69, 9.17) is 4.74 Å². The van der Waals surface area contributed by atoms with Crippen LogP contribution in [-0.4, -0.2) is 22.7 Å². The van der Waals surface area contributed by atoms with Gasteiger partial charge in [-0.1, -0.05) is 41.6 Å². The summed E-state index contributed by atoms with van der Waals surface area (Å²) in [5, 5.41) is 6.52. The predicted molar refractivity (Wildman–Crippen MR) is 94.6 cm³/mol. The van der Waals surface area contributed by atoms with Gasteiger partial charge >= 0.3 is 5.76 Å². The molecule has 0 saturated heterocycles. The van der Waals surface area contributed by atoms with Gasteiger partial charge in [0.25, 0.3) is 0 Å². The average Bonchev–Trinajstić information content (AvgIpc) is 3.09. The number of aromatic nitrogens is 2. The van der Waals surface area contributed by atoms with Crippen molar-refractivity contribution in [2.45, 2.75) is 18.9 Å². The van der Waals surface area contributed by atoms with Crippen LogP contribution < -0.4 is 11.1 Å². The molecule has 26 heavy (non-hydrogen) atoms. The Morgan fingerprint density at radius 3 is 2.96 bits per heavy atom. The van der Waals surface area contributed by atoms with Crippen LogP contribution in [0.15, 0.2) is 57.8 Å². The zero-order valence-corrected chi connectivity index (χ0v) is 13.9. The van der Waals surface area contributed by atoms with E-state index in [1.54, 1.807) is 24.3 Å². The van der Waals surface area contributed by atoms with Gasteiger partial charge in [-0.2, -0.15) is 0 Å². The van der Waals surface area contributed by atoms with Gasteiger partial charge in [-0.05, 0) is 29.7 Å². The summed E-state index contributed by atoms with van der Waals surface area (Å²) >= 11 is 0. The van der Waals surface area contributed by atoms with E-state index in [-0.39, 0.29) is 18.4 Å². The first-order chi connectivity index (χ1) is 12.7. The number of nitrogens with zero attached hydrogens (tertiary/aromatic N) is 1. The first kappa shape index (κ1) is 16.3. The molecule has 1 aliphatic heterocycles. The summed E-state index contributed by atoms with van der Waals surface area (Å²) in [7, 11) is 0. The maximum atomic E-state index is 12.5. The Morgan fingerprint density at radius 2 is 2.12 bits per heavy atom. The molecule has 4 rings (SSSR count). The van der Waals surface area contributed by atoms with E-state index in [1.807, 2.05) is 18.2 Å². The van der Waals surface area contributed by atoms with E-state index in [2.05, 4.69) is 26.0 Å². The van der Waals surface area contributed by atoms with Gasteiger partial charge in [0.15, 0.2) is 5.82 Å². The van der Waals surface area contributed by atoms with Gasteiger partial charge < -0.3 is 10.1 Å². The van der Waals surface area contributed by atoms with Gasteiger partial charge in [0, 0.05) is 11.3 Å². The number of anilines is 1. The molecule has 0 saturated carbocycles. The van der Waals surface area contributed by atoms with Crippen LogP contribution in [0.4, 0.5) is 5.69 Å². The molecule has 0 aliphatic carbocycles. The number of hydrogen-bond acceptors (Lipinski definition) is 5. The van der Waals surface area contributed by atoms with E-state index in [9.17, 15) is 9.59 Å². The van der Waals surface area contributed by atoms with E-state index in [1.165, 1.54) is 5.56 Å². The van der Waals surface area contributed by atoms with Crippen molar-refractivity contribution in [2.24, 2.45) is 0 Å². The van der Waals surface area contributed by atoms with Crippen LogP contribution in [0.2, 0.25) is 0 Å². The molecule has 1 aliphatic rings. The van der Waals surface area contributed by atoms with Crippen molar-refractivity contribution < 1.29 is 14.1 Å². The van der Waals surface area contributed by atoms with Crippen LogP contribution in [0.3, 0.4) is 0 Å². The zero-order valence-electron chi connectivity index (χ0n) is 13.9. The van der Waals surface area contributed by atoms with Crippen LogP contribution in [0.5, 0.6) is 0 Å². The molecule has 2 N–H and O–H groups in total. The molecule has 3 aromatic rings. The van der Waals surface area contributed by atoms with Crippen LogP contribution in [0, 0.1) is 0 Å². The van der Waals surface area contributed by atoms with Crippen molar-refractivity contribution in [3.8, 4) is 11.4 Å². The summed E-state index contributed by atoms with van der Waals surface area (Å²) in [5.74, 6) is -0.448. The topological polar surface area (TPSA) is 97.2 Å². The second-order valence-corrected chi connectivity index (χ2v) is 6.08. The second kappa shape index (κ2) is 6.97. The summed E-state index contributed by atoms with van der Waals surface area (Å²) in [6, 6.07) is 15.1. The number of nitrogens with one attached hydrogen (secondary N) is 2. The summed E-state index contributed by atoms with van der Waals surface area (Å²) in [4.78, 5) is 26.0. The van der Waals surface area contributed by atoms with Crippen molar-refractivity contribution in [2.75, 3.05) is 11.9 Å². The van der Waals surface area contributed by atoms with Gasteiger partial charge in [0.05, 0.1) is 19.1 Å². The number of hydrogen-bond donors (Lipinski definition) is 2. The Kier molecular flexibility index (Phi) is 4.37. The normalized spacial score (nSPS) is 16.1. The zero-order chi connectivity index (χ0) is 17.9. The average molecular weight is 351 g/mol. The van der Waals surface area contributed by atoms with Crippen molar-refractivity contribution in [3.63, 3.8) is 0 Å². The number of aromatic amines is 1. The summed E-state index contributed by atoms with van der Waals surface area (Å²) in [6.07, 6.45) is 0.865. The van der Waals surface area contributed by atoms with Crippen LogP contribution in [0.1, 0.15) is 23.7 Å². The van der Waals surface area contributed by atoms with E-state index in [0.717, 1.165) is 12.0 Å². The van der Waals surface area contributed by atoms with Gasteiger partial charge in [0.2, 0.25) is 5.91 Å². The number of ether oxygens (including phenoxy) is 1. The minimum atomic E-state index is -0.623. The molecular formula is C19H17N3O4. The van der Waals surface area contributed by atoms with Crippen molar-refractivity contribution in [1.82, 2.24) is 10.1 Å². The molecule has 132 valence electrons. The summed E-state index contributed by atoms with van der Waals surface area (Å²) in [5.41, 5.74) is 3.56. The molecule has 0 radical (unpaired) electrons. The third kappa shape index (κ3) is 3.43. The maximum Gasteiger partial charge on any atom is 0.439 e. The first-order valence-corrected chi connectivity index (χ1v) is 8.35. The first-order valence-electron chi connectivity index (χ1n) is 8.35. The Balaban J connectivity index is 1.47. The molecule has 1 aromatic heterocycles. The minimum Gasteiger partial charge on any atom is -0.373 e. The molecule has 1 atom stereocenters. The van der Waals surface area contributed by atoms with Crippen LogP contribution in [0.25, 0.3) is 11.4 Å². The quantitative estimate of drug-likeness (QED) is 0.753. The molecule has 0 spiro atoms. The molecule has 0 fully saturated rings. The third-order valence-electron chi connectivity index (χ3n) is 4.32. The lowest BCUT2D eigenvalue weighted by molar-refractivity contribution is -0.119. The van der Waals surface area contributed by atoms with Gasteiger partial charge in [-0.15, -0.1) is 0 Å².